The number of rotatable bonds is 5. The van der Waals surface area contributed by atoms with E-state index in [1.54, 1.807) is 0 Å². The van der Waals surface area contributed by atoms with Crippen molar-refractivity contribution in [2.45, 2.75) is 52.4 Å². The lowest BCUT2D eigenvalue weighted by Crippen LogP contribution is -2.15. The van der Waals surface area contributed by atoms with Gasteiger partial charge in [0.2, 0.25) is 0 Å². The van der Waals surface area contributed by atoms with Gasteiger partial charge in [-0.3, -0.25) is 4.79 Å². The number of aliphatic hydroxyl groups excluding tert-OH is 1. The molecular weight excluding hydrogens is 264 g/mol. The first-order valence-electron chi connectivity index (χ1n) is 7.67. The van der Waals surface area contributed by atoms with Crippen molar-refractivity contribution in [2.75, 3.05) is 6.61 Å². The molecule has 0 aliphatic heterocycles. The molecule has 3 heteroatoms. The van der Waals surface area contributed by atoms with Crippen molar-refractivity contribution < 1.29 is 14.6 Å². The minimum atomic E-state index is 0.00539. The van der Waals surface area contributed by atoms with Crippen LogP contribution in [0.5, 0.6) is 5.75 Å². The highest BCUT2D eigenvalue weighted by atomic mass is 16.5. The van der Waals surface area contributed by atoms with Crippen LogP contribution in [0.4, 0.5) is 0 Å². The summed E-state index contributed by atoms with van der Waals surface area (Å²) >= 11 is 0. The fourth-order valence-corrected chi connectivity index (χ4v) is 3.07. The van der Waals surface area contributed by atoms with Crippen LogP contribution < -0.4 is 4.74 Å². The molecule has 1 aromatic rings. The number of carbonyl (C=O) groups is 1. The average molecular weight is 288 g/mol. The average Bonchev–Trinajstić information content (AvgIpc) is 2.37. The molecule has 0 bridgehead atoms. The van der Waals surface area contributed by atoms with Gasteiger partial charge in [-0.1, -0.05) is 13.3 Å². The van der Waals surface area contributed by atoms with Gasteiger partial charge in [0.15, 0.2) is 5.78 Å². The van der Waals surface area contributed by atoms with E-state index < -0.39 is 0 Å². The van der Waals surface area contributed by atoms with E-state index in [0.29, 0.717) is 12.8 Å². The smallest absolute Gasteiger partial charge is 0.159 e. The molecule has 3 nitrogen and oxygen atoms in total. The molecule has 114 valence electrons. The van der Waals surface area contributed by atoms with Crippen LogP contribution in [-0.2, 0) is 4.79 Å². The first kappa shape index (κ1) is 15.6. The Labute approximate surface area is 126 Å². The zero-order valence-corrected chi connectivity index (χ0v) is 13.1. The van der Waals surface area contributed by atoms with Crippen molar-refractivity contribution >= 4 is 5.78 Å². The molecule has 1 N–H and O–H groups in total. The maximum absolute atomic E-state index is 11.7. The fraction of sp³-hybridized carbons (Fsp3) is 0.500. The number of allylic oxidation sites excluding steroid dienone is 2. The number of aliphatic hydroxyl groups is 1. The van der Waals surface area contributed by atoms with Crippen molar-refractivity contribution in [3.05, 3.63) is 40.7 Å². The molecule has 0 spiro atoms. The molecule has 0 aromatic heterocycles. The molecule has 0 heterocycles. The SMILES string of the molecule is CCCCOc1cc(C)c(C2CC(=O)C=C(O)C2)c(C)c1. The van der Waals surface area contributed by atoms with Gasteiger partial charge >= 0.3 is 0 Å². The highest BCUT2D eigenvalue weighted by Gasteiger charge is 2.24. The van der Waals surface area contributed by atoms with E-state index in [4.69, 9.17) is 4.74 Å². The predicted molar refractivity (Wildman–Crippen MR) is 84.0 cm³/mol. The molecule has 0 amide bonds. The van der Waals surface area contributed by atoms with Crippen LogP contribution in [-0.4, -0.2) is 17.5 Å². The first-order chi connectivity index (χ1) is 10.0. The Balaban J connectivity index is 2.21. The molecule has 1 aromatic carbocycles. The van der Waals surface area contributed by atoms with Crippen LogP contribution in [0.25, 0.3) is 0 Å². The Morgan fingerprint density at radius 2 is 1.90 bits per heavy atom. The van der Waals surface area contributed by atoms with E-state index in [2.05, 4.69) is 20.8 Å². The van der Waals surface area contributed by atoms with E-state index in [1.807, 2.05) is 12.1 Å². The van der Waals surface area contributed by atoms with Gasteiger partial charge in [-0.15, -0.1) is 0 Å². The summed E-state index contributed by atoms with van der Waals surface area (Å²) in [6, 6.07) is 4.08. The van der Waals surface area contributed by atoms with Crippen molar-refractivity contribution in [1.82, 2.24) is 0 Å². The molecule has 0 radical (unpaired) electrons. The molecule has 2 rings (SSSR count). The Morgan fingerprint density at radius 1 is 1.24 bits per heavy atom. The lowest BCUT2D eigenvalue weighted by Gasteiger charge is -2.24. The fourth-order valence-electron chi connectivity index (χ4n) is 3.07. The van der Waals surface area contributed by atoms with Gasteiger partial charge in [0.05, 0.1) is 12.4 Å². The zero-order valence-electron chi connectivity index (χ0n) is 13.1. The monoisotopic (exact) mass is 288 g/mol. The number of carbonyl (C=O) groups excluding carboxylic acids is 1. The zero-order chi connectivity index (χ0) is 15.4. The van der Waals surface area contributed by atoms with Gasteiger partial charge in [-0.2, -0.15) is 0 Å². The number of ketones is 1. The van der Waals surface area contributed by atoms with E-state index in [1.165, 1.54) is 11.6 Å². The van der Waals surface area contributed by atoms with Crippen molar-refractivity contribution in [3.63, 3.8) is 0 Å². The second-order valence-electron chi connectivity index (χ2n) is 5.88. The number of hydrogen-bond donors (Lipinski definition) is 1. The van der Waals surface area contributed by atoms with Crippen LogP contribution in [0.2, 0.25) is 0 Å². The van der Waals surface area contributed by atoms with Gasteiger partial charge < -0.3 is 9.84 Å². The van der Waals surface area contributed by atoms with Gasteiger partial charge in [0.25, 0.3) is 0 Å². The van der Waals surface area contributed by atoms with Crippen LogP contribution in [0, 0.1) is 13.8 Å². The van der Waals surface area contributed by atoms with Gasteiger partial charge in [0, 0.05) is 18.9 Å². The summed E-state index contributed by atoms with van der Waals surface area (Å²) in [5, 5.41) is 9.71. The topological polar surface area (TPSA) is 46.5 Å². The van der Waals surface area contributed by atoms with Gasteiger partial charge in [0.1, 0.15) is 5.75 Å². The minimum absolute atomic E-state index is 0.00539. The van der Waals surface area contributed by atoms with Gasteiger partial charge in [-0.25, -0.2) is 0 Å². The molecular formula is C18H24O3. The standard InChI is InChI=1S/C18H24O3/c1-4-5-6-21-17-7-12(2)18(13(3)8-17)14-9-15(19)11-16(20)10-14/h7-8,11,14,19H,4-6,9-10H2,1-3H3. The predicted octanol–water partition coefficient (Wildman–Crippen LogP) is 4.37. The largest absolute Gasteiger partial charge is 0.512 e. The maximum atomic E-state index is 11.7. The number of ether oxygens (including phenoxy) is 1. The number of unbranched alkanes of at least 4 members (excludes halogenated alkanes) is 1. The van der Waals surface area contributed by atoms with E-state index >= 15 is 0 Å². The highest BCUT2D eigenvalue weighted by molar-refractivity contribution is 5.91. The summed E-state index contributed by atoms with van der Waals surface area (Å²) in [5.74, 6) is 1.17. The Bertz CT molecular complexity index is 535. The second-order valence-corrected chi connectivity index (χ2v) is 5.88. The lowest BCUT2D eigenvalue weighted by molar-refractivity contribution is -0.115. The summed E-state index contributed by atoms with van der Waals surface area (Å²) in [5.41, 5.74) is 3.44. The number of hydrogen-bond acceptors (Lipinski definition) is 3. The molecule has 1 atom stereocenters. The summed E-state index contributed by atoms with van der Waals surface area (Å²) in [7, 11) is 0. The van der Waals surface area contributed by atoms with Crippen molar-refractivity contribution in [3.8, 4) is 5.75 Å². The third-order valence-electron chi connectivity index (χ3n) is 3.97. The maximum Gasteiger partial charge on any atom is 0.159 e. The van der Waals surface area contributed by atoms with E-state index in [-0.39, 0.29) is 17.5 Å². The molecule has 0 fully saturated rings. The molecule has 0 saturated heterocycles. The molecule has 0 saturated carbocycles. The molecule has 21 heavy (non-hydrogen) atoms. The Morgan fingerprint density at radius 3 is 2.48 bits per heavy atom. The molecule has 1 aliphatic carbocycles. The van der Waals surface area contributed by atoms with E-state index in [9.17, 15) is 9.90 Å². The second kappa shape index (κ2) is 6.79. The summed E-state index contributed by atoms with van der Waals surface area (Å²) < 4.78 is 5.76. The number of benzene rings is 1. The molecule has 1 unspecified atom stereocenters. The normalized spacial score (nSPS) is 18.5. The van der Waals surface area contributed by atoms with Crippen molar-refractivity contribution in [1.29, 1.82) is 0 Å². The number of aryl methyl sites for hydroxylation is 2. The summed E-state index contributed by atoms with van der Waals surface area (Å²) in [6.45, 7) is 6.98. The molecule has 1 aliphatic rings. The van der Waals surface area contributed by atoms with E-state index in [0.717, 1.165) is 36.3 Å². The highest BCUT2D eigenvalue weighted by Crippen LogP contribution is 2.36. The van der Waals surface area contributed by atoms with Crippen LogP contribution in [0.15, 0.2) is 24.0 Å². The summed E-state index contributed by atoms with van der Waals surface area (Å²) in [6.07, 6.45) is 4.54. The van der Waals surface area contributed by atoms with Crippen LogP contribution >= 0.6 is 0 Å². The third kappa shape index (κ3) is 3.87. The Kier molecular flexibility index (Phi) is 5.05. The lowest BCUT2D eigenvalue weighted by atomic mass is 9.82. The third-order valence-corrected chi connectivity index (χ3v) is 3.97. The van der Waals surface area contributed by atoms with Crippen LogP contribution in [0.3, 0.4) is 0 Å². The Hall–Kier alpha value is -1.77. The first-order valence-corrected chi connectivity index (χ1v) is 7.67. The van der Waals surface area contributed by atoms with Gasteiger partial charge in [-0.05, 0) is 55.0 Å². The minimum Gasteiger partial charge on any atom is -0.512 e. The van der Waals surface area contributed by atoms with Crippen molar-refractivity contribution in [2.24, 2.45) is 0 Å². The quantitative estimate of drug-likeness (QED) is 0.818. The summed E-state index contributed by atoms with van der Waals surface area (Å²) in [4.78, 5) is 11.7. The van der Waals surface area contributed by atoms with Crippen LogP contribution in [0.1, 0.15) is 55.2 Å².